The van der Waals surface area contributed by atoms with Crippen molar-refractivity contribution >= 4 is 5.91 Å². The van der Waals surface area contributed by atoms with Gasteiger partial charge in [-0.15, -0.1) is 0 Å². The van der Waals surface area contributed by atoms with E-state index in [1.54, 1.807) is 12.1 Å². The summed E-state index contributed by atoms with van der Waals surface area (Å²) in [7, 11) is 0. The number of aromatic nitrogens is 1. The zero-order valence-corrected chi connectivity index (χ0v) is 11.9. The van der Waals surface area contributed by atoms with Gasteiger partial charge in [-0.3, -0.25) is 4.79 Å². The highest BCUT2D eigenvalue weighted by atomic mass is 19.1. The van der Waals surface area contributed by atoms with E-state index < -0.39 is 0 Å². The van der Waals surface area contributed by atoms with E-state index in [1.807, 2.05) is 0 Å². The first-order valence-electron chi connectivity index (χ1n) is 7.13. The third-order valence-corrected chi connectivity index (χ3v) is 3.87. The average molecular weight is 288 g/mol. The van der Waals surface area contributed by atoms with E-state index in [2.05, 4.69) is 17.4 Å². The Morgan fingerprint density at radius 3 is 2.95 bits per heavy atom. The molecule has 1 atom stereocenters. The number of aryl methyl sites for hydroxylation is 1. The molecule has 1 heterocycles. The minimum Gasteiger partial charge on any atom is -0.360 e. The largest absolute Gasteiger partial charge is 0.360 e. The van der Waals surface area contributed by atoms with E-state index >= 15 is 0 Å². The number of carbonyl (C=O) groups excluding carboxylic acids is 1. The molecule has 5 heteroatoms. The van der Waals surface area contributed by atoms with E-state index in [-0.39, 0.29) is 11.7 Å². The monoisotopic (exact) mass is 288 g/mol. The Bertz CT molecular complexity index is 649. The van der Waals surface area contributed by atoms with Crippen LogP contribution in [0, 0.1) is 11.7 Å². The second-order valence-electron chi connectivity index (χ2n) is 5.59. The predicted molar refractivity (Wildman–Crippen MR) is 75.3 cm³/mol. The van der Waals surface area contributed by atoms with E-state index in [0.717, 1.165) is 36.1 Å². The van der Waals surface area contributed by atoms with Crippen molar-refractivity contribution in [3.63, 3.8) is 0 Å². The molecule has 1 amide bonds. The van der Waals surface area contributed by atoms with Crippen molar-refractivity contribution in [1.82, 2.24) is 10.5 Å². The van der Waals surface area contributed by atoms with E-state index in [9.17, 15) is 9.18 Å². The van der Waals surface area contributed by atoms with Gasteiger partial charge in [-0.2, -0.15) is 0 Å². The Hall–Kier alpha value is -2.17. The first-order chi connectivity index (χ1) is 10.1. The molecule has 1 aromatic heterocycles. The third-order valence-electron chi connectivity index (χ3n) is 3.87. The lowest BCUT2D eigenvalue weighted by atomic mass is 9.88. The highest BCUT2D eigenvalue weighted by molar-refractivity contribution is 5.93. The minimum absolute atomic E-state index is 0.238. The molecule has 2 aromatic rings. The molecule has 1 aromatic carbocycles. The number of carbonyl (C=O) groups is 1. The van der Waals surface area contributed by atoms with Crippen LogP contribution in [0.15, 0.2) is 28.8 Å². The molecule has 1 aliphatic carbocycles. The van der Waals surface area contributed by atoms with Crippen LogP contribution in [0.3, 0.4) is 0 Å². The van der Waals surface area contributed by atoms with Crippen LogP contribution >= 0.6 is 0 Å². The molecule has 1 aliphatic rings. The van der Waals surface area contributed by atoms with Crippen molar-refractivity contribution < 1.29 is 13.7 Å². The lowest BCUT2D eigenvalue weighted by Gasteiger charge is -2.16. The Labute approximate surface area is 122 Å². The van der Waals surface area contributed by atoms with Crippen LogP contribution in [0.1, 0.15) is 40.7 Å². The van der Waals surface area contributed by atoms with Gasteiger partial charge in [-0.25, -0.2) is 4.39 Å². The SMILES string of the molecule is C[C@H]1CCc2onc(C(=O)NCc3ccc(F)cc3)c2C1. The standard InChI is InChI=1S/C16H17FN2O2/c1-10-2-7-14-13(8-10)15(19-21-14)16(20)18-9-11-3-5-12(17)6-4-11/h3-6,10H,2,7-9H2,1H3,(H,18,20)/t10-/m0/s1. The number of hydrogen-bond donors (Lipinski definition) is 1. The number of amides is 1. The van der Waals surface area contributed by atoms with Gasteiger partial charge in [0.2, 0.25) is 0 Å². The summed E-state index contributed by atoms with van der Waals surface area (Å²) in [6, 6.07) is 6.05. The smallest absolute Gasteiger partial charge is 0.274 e. The summed E-state index contributed by atoms with van der Waals surface area (Å²) in [5.41, 5.74) is 2.17. The zero-order chi connectivity index (χ0) is 14.8. The van der Waals surface area contributed by atoms with Crippen molar-refractivity contribution in [2.75, 3.05) is 0 Å². The molecule has 1 N–H and O–H groups in total. The fourth-order valence-corrected chi connectivity index (χ4v) is 2.62. The second-order valence-corrected chi connectivity index (χ2v) is 5.59. The number of nitrogens with zero attached hydrogens (tertiary/aromatic N) is 1. The number of halogens is 1. The molecular formula is C16H17FN2O2. The number of fused-ring (bicyclic) bond motifs is 1. The second kappa shape index (κ2) is 5.68. The van der Waals surface area contributed by atoms with Gasteiger partial charge in [0.25, 0.3) is 5.91 Å². The maximum absolute atomic E-state index is 12.8. The average Bonchev–Trinajstić information content (AvgIpc) is 2.89. The van der Waals surface area contributed by atoms with E-state index in [4.69, 9.17) is 4.52 Å². The maximum Gasteiger partial charge on any atom is 0.274 e. The molecule has 0 spiro atoms. The lowest BCUT2D eigenvalue weighted by molar-refractivity contribution is 0.0941. The van der Waals surface area contributed by atoms with Crippen molar-refractivity contribution in [2.45, 2.75) is 32.7 Å². The number of nitrogens with one attached hydrogen (secondary N) is 1. The van der Waals surface area contributed by atoms with Crippen LogP contribution in [0.4, 0.5) is 4.39 Å². The molecule has 0 bridgehead atoms. The van der Waals surface area contributed by atoms with Gasteiger partial charge in [-0.1, -0.05) is 24.2 Å². The van der Waals surface area contributed by atoms with Crippen molar-refractivity contribution in [2.24, 2.45) is 5.92 Å². The summed E-state index contributed by atoms with van der Waals surface area (Å²) in [4.78, 5) is 12.2. The Morgan fingerprint density at radius 2 is 2.19 bits per heavy atom. The Morgan fingerprint density at radius 1 is 1.43 bits per heavy atom. The predicted octanol–water partition coefficient (Wildman–Crippen LogP) is 2.87. The summed E-state index contributed by atoms with van der Waals surface area (Å²) in [5.74, 6) is 0.851. The van der Waals surface area contributed by atoms with E-state index in [1.165, 1.54) is 12.1 Å². The Balaban J connectivity index is 1.68. The quantitative estimate of drug-likeness (QED) is 0.945. The fourth-order valence-electron chi connectivity index (χ4n) is 2.62. The highest BCUT2D eigenvalue weighted by Crippen LogP contribution is 2.27. The van der Waals surface area contributed by atoms with Gasteiger partial charge in [0.15, 0.2) is 5.69 Å². The normalized spacial score (nSPS) is 17.3. The Kier molecular flexibility index (Phi) is 3.73. The zero-order valence-electron chi connectivity index (χ0n) is 11.9. The molecule has 0 aliphatic heterocycles. The van der Waals surface area contributed by atoms with Gasteiger partial charge in [0.05, 0.1) is 0 Å². The van der Waals surface area contributed by atoms with Crippen LogP contribution < -0.4 is 5.32 Å². The number of hydrogen-bond acceptors (Lipinski definition) is 3. The number of rotatable bonds is 3. The molecule has 0 radical (unpaired) electrons. The first kappa shape index (κ1) is 13.8. The van der Waals surface area contributed by atoms with Gasteiger partial charge < -0.3 is 9.84 Å². The lowest BCUT2D eigenvalue weighted by Crippen LogP contribution is -2.25. The molecule has 0 unspecified atom stereocenters. The molecule has 110 valence electrons. The molecule has 4 nitrogen and oxygen atoms in total. The molecule has 21 heavy (non-hydrogen) atoms. The summed E-state index contributed by atoms with van der Waals surface area (Å²) >= 11 is 0. The summed E-state index contributed by atoms with van der Waals surface area (Å²) in [6.45, 7) is 2.51. The van der Waals surface area contributed by atoms with Crippen LogP contribution in [-0.4, -0.2) is 11.1 Å². The summed E-state index contributed by atoms with van der Waals surface area (Å²) in [5, 5.41) is 6.71. The molecule has 0 fully saturated rings. The van der Waals surface area contributed by atoms with Gasteiger partial charge >= 0.3 is 0 Å². The fraction of sp³-hybridized carbons (Fsp3) is 0.375. The highest BCUT2D eigenvalue weighted by Gasteiger charge is 2.26. The maximum atomic E-state index is 12.8. The third kappa shape index (κ3) is 2.96. The minimum atomic E-state index is -0.287. The van der Waals surface area contributed by atoms with Crippen LogP contribution in [0.2, 0.25) is 0 Å². The van der Waals surface area contributed by atoms with Crippen molar-refractivity contribution in [1.29, 1.82) is 0 Å². The first-order valence-corrected chi connectivity index (χ1v) is 7.13. The van der Waals surface area contributed by atoms with Gasteiger partial charge in [-0.05, 0) is 36.5 Å². The van der Waals surface area contributed by atoms with Crippen molar-refractivity contribution in [3.8, 4) is 0 Å². The molecule has 0 saturated carbocycles. The van der Waals surface area contributed by atoms with Crippen LogP contribution in [0.25, 0.3) is 0 Å². The van der Waals surface area contributed by atoms with Crippen molar-refractivity contribution in [3.05, 3.63) is 52.7 Å². The van der Waals surface area contributed by atoms with Gasteiger partial charge in [0, 0.05) is 18.5 Å². The summed E-state index contributed by atoms with van der Waals surface area (Å²) < 4.78 is 18.1. The molecule has 3 rings (SSSR count). The van der Waals surface area contributed by atoms with E-state index in [0.29, 0.717) is 18.2 Å². The van der Waals surface area contributed by atoms with Crippen LogP contribution in [0.5, 0.6) is 0 Å². The molecular weight excluding hydrogens is 271 g/mol. The topological polar surface area (TPSA) is 55.1 Å². The number of benzene rings is 1. The summed E-state index contributed by atoms with van der Waals surface area (Å²) in [6.07, 6.45) is 2.74. The van der Waals surface area contributed by atoms with Gasteiger partial charge in [0.1, 0.15) is 11.6 Å². The molecule has 0 saturated heterocycles. The van der Waals surface area contributed by atoms with Crippen LogP contribution in [-0.2, 0) is 19.4 Å².